The number of aromatic nitrogens is 4. The highest BCUT2D eigenvalue weighted by Crippen LogP contribution is 2.39. The van der Waals surface area contributed by atoms with Crippen molar-refractivity contribution in [2.24, 2.45) is 0 Å². The monoisotopic (exact) mass is 463 g/mol. The van der Waals surface area contributed by atoms with Crippen LogP contribution in [0.3, 0.4) is 0 Å². The number of aryl methyl sites for hydroxylation is 2. The third kappa shape index (κ3) is 4.14. The number of ketones is 1. The zero-order chi connectivity index (χ0) is 23.8. The van der Waals surface area contributed by atoms with Crippen LogP contribution in [0.5, 0.6) is 0 Å². The molecule has 4 aromatic rings. The smallest absolute Gasteiger partial charge is 0.187 e. The zero-order valence-electron chi connectivity index (χ0n) is 20.1. The summed E-state index contributed by atoms with van der Waals surface area (Å²) in [5, 5.41) is 5.99. The highest BCUT2D eigenvalue weighted by molar-refractivity contribution is 6.08. The fourth-order valence-corrected chi connectivity index (χ4v) is 5.33. The minimum atomic E-state index is 0.0146. The Morgan fingerprint density at radius 1 is 1.00 bits per heavy atom. The predicted molar refractivity (Wildman–Crippen MR) is 138 cm³/mol. The second-order valence-corrected chi connectivity index (χ2v) is 9.53. The molecule has 0 atom stereocenters. The van der Waals surface area contributed by atoms with Gasteiger partial charge in [0, 0.05) is 66.0 Å². The van der Waals surface area contributed by atoms with Gasteiger partial charge in [-0.25, -0.2) is 0 Å². The van der Waals surface area contributed by atoms with Crippen LogP contribution in [-0.4, -0.2) is 43.5 Å². The van der Waals surface area contributed by atoms with E-state index in [4.69, 9.17) is 10.1 Å². The van der Waals surface area contributed by atoms with Gasteiger partial charge in [0.2, 0.25) is 0 Å². The molecule has 1 aromatic carbocycles. The molecule has 35 heavy (non-hydrogen) atoms. The van der Waals surface area contributed by atoms with Gasteiger partial charge in [0.1, 0.15) is 5.69 Å². The minimum Gasteiger partial charge on any atom is -0.377 e. The maximum absolute atomic E-state index is 12.9. The summed E-state index contributed by atoms with van der Waals surface area (Å²) in [5.41, 5.74) is 7.75. The second kappa shape index (κ2) is 9.10. The van der Waals surface area contributed by atoms with Crippen LogP contribution >= 0.6 is 0 Å². The molecule has 0 aliphatic carbocycles. The third-order valence-electron chi connectivity index (χ3n) is 7.10. The summed E-state index contributed by atoms with van der Waals surface area (Å²) in [6.07, 6.45) is 11.2. The molecule has 0 unspecified atom stereocenters. The summed E-state index contributed by atoms with van der Waals surface area (Å²) >= 11 is 0. The van der Waals surface area contributed by atoms with E-state index in [2.05, 4.69) is 20.6 Å². The van der Waals surface area contributed by atoms with Gasteiger partial charge in [0.15, 0.2) is 5.78 Å². The van der Waals surface area contributed by atoms with E-state index in [-0.39, 0.29) is 5.78 Å². The topological polar surface area (TPSA) is 63.9 Å². The SMILES string of the molecule is Cc1cccc(-c2nn3c(c2-c2ccnc4cc(C(=O)C=CN5CCCCC5)ccc24)CCC3)n1. The van der Waals surface area contributed by atoms with Gasteiger partial charge >= 0.3 is 0 Å². The van der Waals surface area contributed by atoms with E-state index >= 15 is 0 Å². The van der Waals surface area contributed by atoms with Gasteiger partial charge in [-0.2, -0.15) is 5.10 Å². The molecule has 0 bridgehead atoms. The molecular formula is C29H29N5O. The third-order valence-corrected chi connectivity index (χ3v) is 7.10. The molecule has 1 saturated heterocycles. The lowest BCUT2D eigenvalue weighted by Gasteiger charge is -2.24. The van der Waals surface area contributed by atoms with E-state index in [0.717, 1.165) is 71.6 Å². The van der Waals surface area contributed by atoms with Crippen molar-refractivity contribution in [3.05, 3.63) is 77.9 Å². The number of piperidine rings is 1. The summed E-state index contributed by atoms with van der Waals surface area (Å²) in [5.74, 6) is 0.0146. The fourth-order valence-electron chi connectivity index (χ4n) is 5.33. The number of likely N-dealkylation sites (tertiary alicyclic amines) is 1. The van der Waals surface area contributed by atoms with Crippen LogP contribution in [0, 0.1) is 6.92 Å². The second-order valence-electron chi connectivity index (χ2n) is 9.53. The number of benzene rings is 1. The van der Waals surface area contributed by atoms with Crippen LogP contribution < -0.4 is 0 Å². The molecule has 0 saturated carbocycles. The number of allylic oxidation sites excluding steroid dienone is 1. The molecule has 176 valence electrons. The van der Waals surface area contributed by atoms with E-state index in [9.17, 15) is 4.79 Å². The van der Waals surface area contributed by atoms with Crippen LogP contribution in [0.1, 0.15) is 47.4 Å². The van der Waals surface area contributed by atoms with Crippen molar-refractivity contribution in [1.29, 1.82) is 0 Å². The molecule has 6 rings (SSSR count). The van der Waals surface area contributed by atoms with Gasteiger partial charge in [-0.05, 0) is 68.9 Å². The minimum absolute atomic E-state index is 0.0146. The Hall–Kier alpha value is -3.80. The van der Waals surface area contributed by atoms with Crippen molar-refractivity contribution in [2.45, 2.75) is 45.6 Å². The van der Waals surface area contributed by atoms with Crippen molar-refractivity contribution in [3.8, 4) is 22.5 Å². The number of hydrogen-bond acceptors (Lipinski definition) is 5. The van der Waals surface area contributed by atoms with Crippen molar-refractivity contribution in [1.82, 2.24) is 24.6 Å². The maximum Gasteiger partial charge on any atom is 0.187 e. The molecule has 3 aromatic heterocycles. The molecule has 0 spiro atoms. The summed E-state index contributed by atoms with van der Waals surface area (Å²) < 4.78 is 2.13. The van der Waals surface area contributed by atoms with E-state index in [1.807, 2.05) is 55.7 Å². The Balaban J connectivity index is 1.40. The first kappa shape index (κ1) is 21.7. The van der Waals surface area contributed by atoms with E-state index < -0.39 is 0 Å². The van der Waals surface area contributed by atoms with Gasteiger partial charge in [0.25, 0.3) is 0 Å². The highest BCUT2D eigenvalue weighted by atomic mass is 16.1. The van der Waals surface area contributed by atoms with Crippen LogP contribution in [0.4, 0.5) is 0 Å². The summed E-state index contributed by atoms with van der Waals surface area (Å²) in [4.78, 5) is 24.5. The average molecular weight is 464 g/mol. The molecule has 6 heteroatoms. The largest absolute Gasteiger partial charge is 0.377 e. The van der Waals surface area contributed by atoms with Gasteiger partial charge in [-0.3, -0.25) is 19.4 Å². The molecule has 5 heterocycles. The van der Waals surface area contributed by atoms with Crippen LogP contribution in [0.15, 0.2) is 60.9 Å². The van der Waals surface area contributed by atoms with Crippen LogP contribution in [-0.2, 0) is 13.0 Å². The van der Waals surface area contributed by atoms with Crippen molar-refractivity contribution >= 4 is 16.7 Å². The Morgan fingerprint density at radius 2 is 1.89 bits per heavy atom. The highest BCUT2D eigenvalue weighted by Gasteiger charge is 2.25. The Kier molecular flexibility index (Phi) is 5.64. The number of carbonyl (C=O) groups is 1. The first-order valence-electron chi connectivity index (χ1n) is 12.6. The van der Waals surface area contributed by atoms with Gasteiger partial charge in [-0.1, -0.05) is 18.2 Å². The number of pyridine rings is 2. The zero-order valence-corrected chi connectivity index (χ0v) is 20.1. The lowest BCUT2D eigenvalue weighted by atomic mass is 9.95. The van der Waals surface area contributed by atoms with Crippen LogP contribution in [0.25, 0.3) is 33.4 Å². The van der Waals surface area contributed by atoms with Crippen molar-refractivity contribution in [3.63, 3.8) is 0 Å². The van der Waals surface area contributed by atoms with Crippen molar-refractivity contribution in [2.75, 3.05) is 13.1 Å². The number of carbonyl (C=O) groups excluding carboxylic acids is 1. The van der Waals surface area contributed by atoms with Gasteiger partial charge in [0.05, 0.1) is 11.2 Å². The summed E-state index contributed by atoms with van der Waals surface area (Å²) in [6, 6.07) is 14.0. The van der Waals surface area contributed by atoms with Gasteiger partial charge in [-0.15, -0.1) is 0 Å². The number of hydrogen-bond donors (Lipinski definition) is 0. The fraction of sp³-hybridized carbons (Fsp3) is 0.310. The van der Waals surface area contributed by atoms with E-state index in [1.165, 1.54) is 25.0 Å². The molecule has 0 N–H and O–H groups in total. The lowest BCUT2D eigenvalue weighted by molar-refractivity contribution is 0.104. The molecule has 1 fully saturated rings. The number of rotatable bonds is 5. The summed E-state index contributed by atoms with van der Waals surface area (Å²) in [7, 11) is 0. The van der Waals surface area contributed by atoms with E-state index in [0.29, 0.717) is 5.56 Å². The molecule has 2 aliphatic heterocycles. The van der Waals surface area contributed by atoms with E-state index in [1.54, 1.807) is 6.08 Å². The Bertz CT molecular complexity index is 1440. The summed E-state index contributed by atoms with van der Waals surface area (Å²) in [6.45, 7) is 4.99. The molecule has 0 radical (unpaired) electrons. The van der Waals surface area contributed by atoms with Gasteiger partial charge < -0.3 is 4.90 Å². The molecule has 6 nitrogen and oxygen atoms in total. The number of fused-ring (bicyclic) bond motifs is 2. The van der Waals surface area contributed by atoms with Crippen LogP contribution in [0.2, 0.25) is 0 Å². The normalized spacial score (nSPS) is 15.7. The standard InChI is InChI=1S/C29H29N5O/c1-20-7-5-8-24(31-20)29-28(26-9-6-17-34(26)32-29)23-12-14-30-25-19-21(10-11-22(23)25)27(35)13-18-33-15-3-2-4-16-33/h5,7-8,10-14,18-19H,2-4,6,9,15-17H2,1H3. The quantitative estimate of drug-likeness (QED) is 0.285. The first-order valence-corrected chi connectivity index (χ1v) is 12.6. The lowest BCUT2D eigenvalue weighted by Crippen LogP contribution is -2.24. The van der Waals surface area contributed by atoms with Crippen molar-refractivity contribution < 1.29 is 4.79 Å². The Labute approximate surface area is 205 Å². The number of nitrogens with zero attached hydrogens (tertiary/aromatic N) is 5. The Morgan fingerprint density at radius 3 is 2.74 bits per heavy atom. The average Bonchev–Trinajstić information content (AvgIpc) is 3.49. The molecule has 0 amide bonds. The predicted octanol–water partition coefficient (Wildman–Crippen LogP) is 5.60. The molecule has 2 aliphatic rings. The first-order chi connectivity index (χ1) is 17.2. The maximum atomic E-state index is 12.9. The molecular weight excluding hydrogens is 434 g/mol.